The predicted octanol–water partition coefficient (Wildman–Crippen LogP) is -0.577. The molecule has 0 aromatic carbocycles. The quantitative estimate of drug-likeness (QED) is 0.582. The molecule has 1 saturated heterocycles. The van der Waals surface area contributed by atoms with Crippen LogP contribution in [0.2, 0.25) is 0 Å². The number of carboxylic acids is 1. The molecule has 1 aliphatic heterocycles. The van der Waals surface area contributed by atoms with Crippen molar-refractivity contribution in [3.05, 3.63) is 0 Å². The highest BCUT2D eigenvalue weighted by molar-refractivity contribution is 5.84. The van der Waals surface area contributed by atoms with Crippen molar-refractivity contribution < 1.29 is 19.8 Å². The van der Waals surface area contributed by atoms with Gasteiger partial charge in [0.05, 0.1) is 6.10 Å². The number of rotatable bonds is 6. The zero-order chi connectivity index (χ0) is 12.8. The van der Waals surface area contributed by atoms with Crippen LogP contribution in [0.15, 0.2) is 0 Å². The molecule has 0 saturated carbocycles. The number of carbonyl (C=O) groups is 2. The Morgan fingerprint density at radius 2 is 1.94 bits per heavy atom. The summed E-state index contributed by atoms with van der Waals surface area (Å²) in [6.07, 6.45) is 1.50. The van der Waals surface area contributed by atoms with Crippen molar-refractivity contribution in [2.24, 2.45) is 0 Å². The Labute approximate surface area is 101 Å². The fourth-order valence-corrected chi connectivity index (χ4v) is 1.90. The van der Waals surface area contributed by atoms with E-state index in [0.29, 0.717) is 6.54 Å². The van der Waals surface area contributed by atoms with Crippen molar-refractivity contribution in [3.63, 3.8) is 0 Å². The van der Waals surface area contributed by atoms with Gasteiger partial charge < -0.3 is 20.4 Å². The summed E-state index contributed by atoms with van der Waals surface area (Å²) in [5.41, 5.74) is 0. The van der Waals surface area contributed by atoms with Crippen LogP contribution in [0, 0.1) is 0 Å². The number of amides is 1. The van der Waals surface area contributed by atoms with Crippen molar-refractivity contribution in [2.75, 3.05) is 19.6 Å². The molecule has 1 rings (SSSR count). The first kappa shape index (κ1) is 13.9. The Hall–Kier alpha value is -1.14. The van der Waals surface area contributed by atoms with E-state index in [1.807, 2.05) is 0 Å². The van der Waals surface area contributed by atoms with Gasteiger partial charge in [-0.05, 0) is 32.9 Å². The normalized spacial score (nSPS) is 19.9. The second kappa shape index (κ2) is 6.56. The van der Waals surface area contributed by atoms with Crippen LogP contribution >= 0.6 is 0 Å². The molecule has 0 aliphatic carbocycles. The zero-order valence-corrected chi connectivity index (χ0v) is 10.1. The number of hydrogen-bond acceptors (Lipinski definition) is 4. The monoisotopic (exact) mass is 244 g/mol. The summed E-state index contributed by atoms with van der Waals surface area (Å²) in [4.78, 5) is 24.4. The molecule has 0 aromatic heterocycles. The van der Waals surface area contributed by atoms with Crippen LogP contribution in [-0.4, -0.2) is 58.8 Å². The SMILES string of the molecule is C[C@@H](O)[C@H](NC(=O)CCN1CCCC1)C(=O)O. The molecule has 6 heteroatoms. The average Bonchev–Trinajstić information content (AvgIpc) is 2.74. The number of carbonyl (C=O) groups excluding carboxylic acids is 1. The van der Waals surface area contributed by atoms with Crippen LogP contribution in [0.5, 0.6) is 0 Å². The van der Waals surface area contributed by atoms with Crippen LogP contribution in [0.4, 0.5) is 0 Å². The maximum absolute atomic E-state index is 11.5. The fraction of sp³-hybridized carbons (Fsp3) is 0.818. The summed E-state index contributed by atoms with van der Waals surface area (Å²) in [5, 5.41) is 20.3. The molecular formula is C11H20N2O4. The third kappa shape index (κ3) is 4.70. The Bertz CT molecular complexity index is 275. The van der Waals surface area contributed by atoms with E-state index in [9.17, 15) is 14.7 Å². The van der Waals surface area contributed by atoms with Crippen LogP contribution < -0.4 is 5.32 Å². The van der Waals surface area contributed by atoms with Crippen LogP contribution in [0.25, 0.3) is 0 Å². The van der Waals surface area contributed by atoms with Gasteiger partial charge in [-0.3, -0.25) is 4.79 Å². The number of nitrogens with one attached hydrogen (secondary N) is 1. The van der Waals surface area contributed by atoms with Gasteiger partial charge >= 0.3 is 5.97 Å². The maximum atomic E-state index is 11.5. The second-order valence-electron chi connectivity index (χ2n) is 4.42. The summed E-state index contributed by atoms with van der Waals surface area (Å²) < 4.78 is 0. The zero-order valence-electron chi connectivity index (χ0n) is 10.1. The summed E-state index contributed by atoms with van der Waals surface area (Å²) in [6.45, 7) is 4.01. The fourth-order valence-electron chi connectivity index (χ4n) is 1.90. The molecule has 1 fully saturated rings. The van der Waals surface area contributed by atoms with E-state index in [4.69, 9.17) is 5.11 Å². The molecule has 98 valence electrons. The first-order valence-electron chi connectivity index (χ1n) is 5.93. The number of nitrogens with zero attached hydrogens (tertiary/aromatic N) is 1. The van der Waals surface area contributed by atoms with E-state index in [1.165, 1.54) is 6.92 Å². The first-order chi connectivity index (χ1) is 8.00. The van der Waals surface area contributed by atoms with Gasteiger partial charge in [0.2, 0.25) is 5.91 Å². The lowest BCUT2D eigenvalue weighted by Gasteiger charge is -2.18. The number of carboxylic acid groups (broad SMARTS) is 1. The number of aliphatic hydroxyl groups is 1. The second-order valence-corrected chi connectivity index (χ2v) is 4.42. The molecule has 0 bridgehead atoms. The van der Waals surface area contributed by atoms with Crippen LogP contribution in [0.1, 0.15) is 26.2 Å². The minimum atomic E-state index is -1.22. The molecule has 0 aromatic rings. The van der Waals surface area contributed by atoms with E-state index in [1.54, 1.807) is 0 Å². The van der Waals surface area contributed by atoms with Crippen molar-refractivity contribution in [2.45, 2.75) is 38.3 Å². The van der Waals surface area contributed by atoms with Gasteiger partial charge in [0.1, 0.15) is 0 Å². The lowest BCUT2D eigenvalue weighted by atomic mass is 10.2. The molecule has 3 N–H and O–H groups in total. The minimum Gasteiger partial charge on any atom is -0.480 e. The lowest BCUT2D eigenvalue weighted by molar-refractivity contribution is -0.144. The molecule has 0 spiro atoms. The van der Waals surface area contributed by atoms with Crippen molar-refractivity contribution in [3.8, 4) is 0 Å². The Balaban J connectivity index is 2.29. The van der Waals surface area contributed by atoms with Gasteiger partial charge in [-0.25, -0.2) is 4.79 Å². The molecule has 1 heterocycles. The highest BCUT2D eigenvalue weighted by Crippen LogP contribution is 2.07. The van der Waals surface area contributed by atoms with E-state index >= 15 is 0 Å². The standard InChI is InChI=1S/C11H20N2O4/c1-8(14)10(11(16)17)12-9(15)4-7-13-5-2-3-6-13/h8,10,14H,2-7H2,1H3,(H,12,15)(H,16,17)/t8-,10+/m1/s1. The number of likely N-dealkylation sites (tertiary alicyclic amines) is 1. The smallest absolute Gasteiger partial charge is 0.328 e. The largest absolute Gasteiger partial charge is 0.480 e. The summed E-state index contributed by atoms with van der Waals surface area (Å²) in [7, 11) is 0. The van der Waals surface area contributed by atoms with E-state index in [2.05, 4.69) is 10.2 Å². The molecule has 0 radical (unpaired) electrons. The Morgan fingerprint density at radius 1 is 1.35 bits per heavy atom. The van der Waals surface area contributed by atoms with Crippen LogP contribution in [0.3, 0.4) is 0 Å². The van der Waals surface area contributed by atoms with E-state index in [0.717, 1.165) is 25.9 Å². The van der Waals surface area contributed by atoms with Gasteiger partial charge in [0, 0.05) is 13.0 Å². The first-order valence-corrected chi connectivity index (χ1v) is 5.93. The molecule has 1 aliphatic rings. The minimum absolute atomic E-state index is 0.274. The summed E-state index contributed by atoms with van der Waals surface area (Å²) >= 11 is 0. The molecule has 6 nitrogen and oxygen atoms in total. The third-order valence-electron chi connectivity index (χ3n) is 2.92. The Morgan fingerprint density at radius 3 is 2.41 bits per heavy atom. The molecule has 17 heavy (non-hydrogen) atoms. The van der Waals surface area contributed by atoms with Gasteiger partial charge in [-0.1, -0.05) is 0 Å². The summed E-state index contributed by atoms with van der Waals surface area (Å²) in [6, 6.07) is -1.22. The van der Waals surface area contributed by atoms with E-state index < -0.39 is 18.1 Å². The van der Waals surface area contributed by atoms with Crippen LogP contribution in [-0.2, 0) is 9.59 Å². The maximum Gasteiger partial charge on any atom is 0.328 e. The van der Waals surface area contributed by atoms with Crippen molar-refractivity contribution >= 4 is 11.9 Å². The number of hydrogen-bond donors (Lipinski definition) is 3. The number of aliphatic carboxylic acids is 1. The van der Waals surface area contributed by atoms with Crippen molar-refractivity contribution in [1.29, 1.82) is 0 Å². The highest BCUT2D eigenvalue weighted by atomic mass is 16.4. The molecule has 0 unspecified atom stereocenters. The predicted molar refractivity (Wildman–Crippen MR) is 61.5 cm³/mol. The topological polar surface area (TPSA) is 89.9 Å². The van der Waals surface area contributed by atoms with E-state index in [-0.39, 0.29) is 12.3 Å². The molecule has 1 amide bonds. The summed E-state index contributed by atoms with van der Waals surface area (Å²) in [5.74, 6) is -1.54. The highest BCUT2D eigenvalue weighted by Gasteiger charge is 2.25. The van der Waals surface area contributed by atoms with Gasteiger partial charge in [-0.2, -0.15) is 0 Å². The average molecular weight is 244 g/mol. The lowest BCUT2D eigenvalue weighted by Crippen LogP contribution is -2.48. The molecule has 2 atom stereocenters. The van der Waals surface area contributed by atoms with Gasteiger partial charge in [-0.15, -0.1) is 0 Å². The van der Waals surface area contributed by atoms with Crippen molar-refractivity contribution in [1.82, 2.24) is 10.2 Å². The Kier molecular flexibility index (Phi) is 5.37. The number of aliphatic hydroxyl groups excluding tert-OH is 1. The molecular weight excluding hydrogens is 224 g/mol. The van der Waals surface area contributed by atoms with Gasteiger partial charge in [0.15, 0.2) is 6.04 Å². The third-order valence-corrected chi connectivity index (χ3v) is 2.92. The van der Waals surface area contributed by atoms with Gasteiger partial charge in [0.25, 0.3) is 0 Å².